The van der Waals surface area contributed by atoms with Crippen molar-refractivity contribution < 1.29 is 17.9 Å². The molecule has 1 fully saturated rings. The number of rotatable bonds is 5. The number of nitrogens with zero attached hydrogens (tertiary/aromatic N) is 2. The van der Waals surface area contributed by atoms with Gasteiger partial charge in [0.05, 0.1) is 31.5 Å². The number of ether oxygens (including phenoxy) is 1. The molecule has 0 bridgehead atoms. The third-order valence-electron chi connectivity index (χ3n) is 4.20. The maximum atomic E-state index is 13.7. The van der Waals surface area contributed by atoms with Gasteiger partial charge in [-0.3, -0.25) is 9.89 Å². The number of anilines is 1. The van der Waals surface area contributed by atoms with Gasteiger partial charge in [0.1, 0.15) is 23.2 Å². The molecule has 1 aromatic carbocycles. The second-order valence-electron chi connectivity index (χ2n) is 6.09. The fourth-order valence-corrected chi connectivity index (χ4v) is 2.86. The molecule has 2 aromatic rings. The maximum Gasteiger partial charge on any atom is 0.193 e. The van der Waals surface area contributed by atoms with Crippen molar-refractivity contribution >= 4 is 35.6 Å². The van der Waals surface area contributed by atoms with E-state index in [0.29, 0.717) is 19.8 Å². The van der Waals surface area contributed by atoms with Crippen LogP contribution >= 0.6 is 24.0 Å². The monoisotopic (exact) mass is 492 g/mol. The van der Waals surface area contributed by atoms with Crippen LogP contribution in [0.25, 0.3) is 0 Å². The second-order valence-corrected chi connectivity index (χ2v) is 6.09. The van der Waals surface area contributed by atoms with E-state index in [9.17, 15) is 8.78 Å². The lowest BCUT2D eigenvalue weighted by atomic mass is 10.1. The molecular weight excluding hydrogens is 469 g/mol. The van der Waals surface area contributed by atoms with E-state index in [1.165, 1.54) is 0 Å². The third kappa shape index (κ3) is 5.88. The van der Waals surface area contributed by atoms with Gasteiger partial charge >= 0.3 is 0 Å². The van der Waals surface area contributed by atoms with Crippen molar-refractivity contribution in [3.63, 3.8) is 0 Å². The zero-order chi connectivity index (χ0) is 18.5. The minimum Gasteiger partial charge on any atom is -0.465 e. The van der Waals surface area contributed by atoms with Gasteiger partial charge in [-0.05, 0) is 31.2 Å². The van der Waals surface area contributed by atoms with E-state index in [0.717, 1.165) is 42.8 Å². The van der Waals surface area contributed by atoms with E-state index in [-0.39, 0.29) is 41.7 Å². The van der Waals surface area contributed by atoms with Crippen LogP contribution in [0, 0.1) is 18.6 Å². The van der Waals surface area contributed by atoms with E-state index in [1.807, 2.05) is 19.1 Å². The van der Waals surface area contributed by atoms with E-state index in [4.69, 9.17) is 14.9 Å². The molecule has 9 heteroatoms. The summed E-state index contributed by atoms with van der Waals surface area (Å²) in [6.45, 7) is 5.00. The number of hydrogen-bond donors (Lipinski definition) is 2. The van der Waals surface area contributed by atoms with Crippen molar-refractivity contribution in [2.45, 2.75) is 13.0 Å². The number of aliphatic imine (C=N–C) groups is 1. The summed E-state index contributed by atoms with van der Waals surface area (Å²) in [5.74, 6) is 0.457. The Hall–Kier alpha value is -1.72. The molecule has 1 aliphatic heterocycles. The molecule has 27 heavy (non-hydrogen) atoms. The first-order valence-corrected chi connectivity index (χ1v) is 8.43. The van der Waals surface area contributed by atoms with Gasteiger partial charge in [-0.25, -0.2) is 8.78 Å². The molecule has 1 unspecified atom stereocenters. The van der Waals surface area contributed by atoms with Gasteiger partial charge in [-0.1, -0.05) is 0 Å². The second kappa shape index (κ2) is 10.00. The number of aryl methyl sites for hydroxylation is 1. The van der Waals surface area contributed by atoms with Crippen LogP contribution in [0.4, 0.5) is 14.5 Å². The van der Waals surface area contributed by atoms with Crippen LogP contribution in [0.5, 0.6) is 0 Å². The molecule has 0 spiro atoms. The summed E-state index contributed by atoms with van der Waals surface area (Å²) < 4.78 is 38.1. The van der Waals surface area contributed by atoms with Gasteiger partial charge in [0.2, 0.25) is 0 Å². The van der Waals surface area contributed by atoms with Crippen LogP contribution in [-0.2, 0) is 4.74 Å². The highest BCUT2D eigenvalue weighted by Crippen LogP contribution is 2.24. The molecule has 3 rings (SSSR count). The smallest absolute Gasteiger partial charge is 0.193 e. The number of benzene rings is 1. The Kier molecular flexibility index (Phi) is 7.99. The molecule has 2 heterocycles. The van der Waals surface area contributed by atoms with Crippen LogP contribution in [0.15, 0.2) is 39.7 Å². The van der Waals surface area contributed by atoms with Gasteiger partial charge < -0.3 is 20.2 Å². The molecule has 1 atom stereocenters. The molecule has 0 amide bonds. The molecule has 0 radical (unpaired) electrons. The van der Waals surface area contributed by atoms with E-state index >= 15 is 0 Å². The Bertz CT molecular complexity index is 778. The van der Waals surface area contributed by atoms with Crippen molar-refractivity contribution in [3.05, 3.63) is 53.5 Å². The third-order valence-corrected chi connectivity index (χ3v) is 4.20. The quantitative estimate of drug-likeness (QED) is 0.381. The Morgan fingerprint density at radius 1 is 1.26 bits per heavy atom. The number of furan rings is 1. The molecule has 3 N–H and O–H groups in total. The van der Waals surface area contributed by atoms with Crippen molar-refractivity contribution in [2.24, 2.45) is 10.7 Å². The summed E-state index contributed by atoms with van der Waals surface area (Å²) in [6.07, 6.45) is 0. The summed E-state index contributed by atoms with van der Waals surface area (Å²) in [6, 6.07) is 6.82. The van der Waals surface area contributed by atoms with Crippen LogP contribution in [0.2, 0.25) is 0 Å². The fourth-order valence-electron chi connectivity index (χ4n) is 2.86. The molecular formula is C18H23F2IN4O2. The highest BCUT2D eigenvalue weighted by molar-refractivity contribution is 14.0. The number of guanidine groups is 1. The van der Waals surface area contributed by atoms with Crippen LogP contribution in [-0.4, -0.2) is 43.7 Å². The zero-order valence-electron chi connectivity index (χ0n) is 15.0. The molecule has 0 saturated carbocycles. The summed E-state index contributed by atoms with van der Waals surface area (Å²) in [5.41, 5.74) is 5.81. The fraction of sp³-hybridized carbons (Fsp3) is 0.389. The number of nitrogens with one attached hydrogen (secondary N) is 1. The predicted octanol–water partition coefficient (Wildman–Crippen LogP) is 3.28. The predicted molar refractivity (Wildman–Crippen MR) is 110 cm³/mol. The van der Waals surface area contributed by atoms with Crippen LogP contribution in [0.3, 0.4) is 0 Å². The molecule has 1 aliphatic rings. The molecule has 1 saturated heterocycles. The average Bonchev–Trinajstić information content (AvgIpc) is 3.05. The van der Waals surface area contributed by atoms with E-state index in [1.54, 1.807) is 0 Å². The largest absolute Gasteiger partial charge is 0.465 e. The lowest BCUT2D eigenvalue weighted by Crippen LogP contribution is -2.40. The molecule has 6 nitrogen and oxygen atoms in total. The van der Waals surface area contributed by atoms with Crippen molar-refractivity contribution in [1.82, 2.24) is 4.90 Å². The zero-order valence-corrected chi connectivity index (χ0v) is 17.3. The first-order chi connectivity index (χ1) is 12.5. The Morgan fingerprint density at radius 2 is 2.00 bits per heavy atom. The lowest BCUT2D eigenvalue weighted by Gasteiger charge is -2.32. The lowest BCUT2D eigenvalue weighted by molar-refractivity contribution is 0.0135. The summed E-state index contributed by atoms with van der Waals surface area (Å²) >= 11 is 0. The van der Waals surface area contributed by atoms with E-state index in [2.05, 4.69) is 15.2 Å². The number of nitrogens with two attached hydrogens (primary N) is 1. The number of morpholine rings is 1. The Labute approximate surface area is 173 Å². The first kappa shape index (κ1) is 21.6. The minimum absolute atomic E-state index is 0. The maximum absolute atomic E-state index is 13.7. The minimum atomic E-state index is -0.601. The summed E-state index contributed by atoms with van der Waals surface area (Å²) in [5, 5.41) is 2.60. The molecule has 1 aromatic heterocycles. The number of halogens is 3. The highest BCUT2D eigenvalue weighted by Gasteiger charge is 2.25. The van der Waals surface area contributed by atoms with Crippen molar-refractivity contribution in [2.75, 3.05) is 38.2 Å². The van der Waals surface area contributed by atoms with Gasteiger partial charge in [-0.2, -0.15) is 0 Å². The number of hydrogen-bond acceptors (Lipinski definition) is 4. The highest BCUT2D eigenvalue weighted by atomic mass is 127. The first-order valence-electron chi connectivity index (χ1n) is 8.43. The Morgan fingerprint density at radius 3 is 2.67 bits per heavy atom. The topological polar surface area (TPSA) is 76.0 Å². The van der Waals surface area contributed by atoms with Gasteiger partial charge in [0, 0.05) is 19.2 Å². The summed E-state index contributed by atoms with van der Waals surface area (Å²) in [4.78, 5) is 6.51. The van der Waals surface area contributed by atoms with Crippen molar-refractivity contribution in [1.29, 1.82) is 0 Å². The SMILES string of the molecule is Cc1ccc(C(CN=C(N)Nc2cc(F)ccc2F)N2CCOCC2)o1.I. The average molecular weight is 492 g/mol. The summed E-state index contributed by atoms with van der Waals surface area (Å²) in [7, 11) is 0. The van der Waals surface area contributed by atoms with Gasteiger partial charge in [0.15, 0.2) is 5.96 Å². The van der Waals surface area contributed by atoms with Crippen LogP contribution < -0.4 is 11.1 Å². The normalized spacial score (nSPS) is 16.6. The van der Waals surface area contributed by atoms with E-state index < -0.39 is 11.6 Å². The van der Waals surface area contributed by atoms with Crippen molar-refractivity contribution in [3.8, 4) is 0 Å². The Balaban J connectivity index is 0.00000261. The molecule has 0 aliphatic carbocycles. The van der Waals surface area contributed by atoms with Crippen LogP contribution in [0.1, 0.15) is 17.6 Å². The van der Waals surface area contributed by atoms with Gasteiger partial charge in [0.25, 0.3) is 0 Å². The standard InChI is InChI=1S/C18H22F2N4O2.HI/c1-12-2-5-17(26-12)16(24-6-8-25-9-7-24)11-22-18(21)23-15-10-13(19)3-4-14(15)20;/h2-5,10,16H,6-9,11H2,1H3,(H3,21,22,23);1H. The van der Waals surface area contributed by atoms with Gasteiger partial charge in [-0.15, -0.1) is 24.0 Å². The molecule has 148 valence electrons.